The molecule has 2 heterocycles. The summed E-state index contributed by atoms with van der Waals surface area (Å²) in [7, 11) is -5.51. The number of urea groups is 1. The first-order chi connectivity index (χ1) is 12.6. The fraction of sp³-hybridized carbons (Fsp3) is 0.765. The van der Waals surface area contributed by atoms with Gasteiger partial charge in [0.2, 0.25) is 24.2 Å². The summed E-state index contributed by atoms with van der Waals surface area (Å²) in [5.74, 6) is -0.329. The normalized spacial score (nSPS) is 23.1. The molecule has 11 heteroatoms. The number of carbonyl (C=O) groups is 2. The molecule has 0 unspecified atom stereocenters. The largest absolute Gasteiger partial charge is 0.353 e. The molecule has 2 rings (SSSR count). The van der Waals surface area contributed by atoms with Crippen molar-refractivity contribution in [1.29, 1.82) is 0 Å². The Hall–Kier alpha value is -1.43. The highest BCUT2D eigenvalue weighted by Gasteiger charge is 2.50. The Kier molecular flexibility index (Phi) is 6.34. The molecule has 0 aromatic rings. The van der Waals surface area contributed by atoms with Gasteiger partial charge in [-0.15, -0.1) is 0 Å². The van der Waals surface area contributed by atoms with Crippen LogP contribution in [-0.2, 0) is 19.3 Å². The highest BCUT2D eigenvalue weighted by Crippen LogP contribution is 2.39. The molecular weight excluding hydrogens is 400 g/mol. The second kappa shape index (κ2) is 7.77. The molecule has 0 saturated carbocycles. The van der Waals surface area contributed by atoms with Crippen molar-refractivity contribution >= 4 is 30.3 Å². The summed E-state index contributed by atoms with van der Waals surface area (Å²) in [6.45, 7) is 12.9. The Morgan fingerprint density at radius 1 is 1.32 bits per heavy atom. The van der Waals surface area contributed by atoms with Crippen LogP contribution in [0.5, 0.6) is 0 Å². The monoisotopic (exact) mass is 432 g/mol. The number of nitrogens with zero attached hydrogens (tertiary/aromatic N) is 2. The number of rotatable bonds is 7. The van der Waals surface area contributed by atoms with E-state index in [4.69, 9.17) is 4.53 Å². The quantitative estimate of drug-likeness (QED) is 0.355. The first-order valence-electron chi connectivity index (χ1n) is 9.34. The Morgan fingerprint density at radius 2 is 1.93 bits per heavy atom. The van der Waals surface area contributed by atoms with Crippen LogP contribution in [0.15, 0.2) is 11.6 Å². The van der Waals surface area contributed by atoms with Crippen LogP contribution in [0.25, 0.3) is 0 Å². The standard InChI is InChI=1S/C17H32N4O5SSi/c1-12-10-13-11-20(14(12)15(22)18-8-9-19-27(5,24)25)16(23)21(13)26-28(6,7)17(2,3)4/h10,13-14,19H,8-9,11H2,1-7H3,(H,18,22)/t13-,14+/m1/s1. The van der Waals surface area contributed by atoms with Crippen LogP contribution in [-0.4, -0.2) is 76.6 Å². The van der Waals surface area contributed by atoms with Crippen LogP contribution in [0, 0.1) is 0 Å². The number of amides is 3. The zero-order valence-electron chi connectivity index (χ0n) is 17.7. The van der Waals surface area contributed by atoms with E-state index in [9.17, 15) is 18.0 Å². The van der Waals surface area contributed by atoms with Crippen molar-refractivity contribution in [1.82, 2.24) is 20.0 Å². The zero-order chi connectivity index (χ0) is 21.5. The second-order valence-corrected chi connectivity index (χ2v) is 15.5. The van der Waals surface area contributed by atoms with Gasteiger partial charge in [0.05, 0.1) is 18.8 Å². The molecule has 1 saturated heterocycles. The highest BCUT2D eigenvalue weighted by molar-refractivity contribution is 7.88. The Balaban J connectivity index is 2.07. The molecule has 2 aliphatic rings. The minimum absolute atomic E-state index is 0.0541. The van der Waals surface area contributed by atoms with E-state index in [0.29, 0.717) is 6.54 Å². The van der Waals surface area contributed by atoms with Crippen LogP contribution < -0.4 is 10.0 Å². The van der Waals surface area contributed by atoms with Gasteiger partial charge in [0.15, 0.2) is 0 Å². The lowest BCUT2D eigenvalue weighted by Crippen LogP contribution is -2.51. The van der Waals surface area contributed by atoms with Crippen molar-refractivity contribution in [2.24, 2.45) is 0 Å². The summed E-state index contributed by atoms with van der Waals surface area (Å²) in [6.07, 6.45) is 2.97. The third-order valence-corrected chi connectivity index (χ3v) is 10.5. The second-order valence-electron chi connectivity index (χ2n) is 8.95. The first-order valence-corrected chi connectivity index (χ1v) is 14.1. The van der Waals surface area contributed by atoms with Crippen molar-refractivity contribution in [3.63, 3.8) is 0 Å². The molecular formula is C17H32N4O5SSi. The number of fused-ring (bicyclic) bond motifs is 2. The molecule has 2 bridgehead atoms. The molecule has 28 heavy (non-hydrogen) atoms. The average molecular weight is 433 g/mol. The fourth-order valence-electron chi connectivity index (χ4n) is 2.96. The van der Waals surface area contributed by atoms with Crippen LogP contribution in [0.3, 0.4) is 0 Å². The minimum atomic E-state index is -3.31. The van der Waals surface area contributed by atoms with Gasteiger partial charge < -0.3 is 14.7 Å². The number of nitrogens with one attached hydrogen (secondary N) is 2. The number of sulfonamides is 1. The van der Waals surface area contributed by atoms with Crippen LogP contribution in [0.2, 0.25) is 18.1 Å². The number of hydrogen-bond acceptors (Lipinski definition) is 5. The van der Waals surface area contributed by atoms with E-state index in [1.807, 2.05) is 13.0 Å². The molecule has 160 valence electrons. The molecule has 0 spiro atoms. The lowest BCUT2D eigenvalue weighted by molar-refractivity contribution is -0.124. The maximum atomic E-state index is 13.0. The highest BCUT2D eigenvalue weighted by atomic mass is 32.2. The van der Waals surface area contributed by atoms with Crippen LogP contribution in [0.1, 0.15) is 27.7 Å². The smallest absolute Gasteiger partial charge is 0.344 e. The molecule has 0 aromatic heterocycles. The number of hydrogen-bond donors (Lipinski definition) is 2. The van der Waals surface area contributed by atoms with Gasteiger partial charge in [-0.2, -0.15) is 0 Å². The molecule has 0 aromatic carbocycles. The fourth-order valence-corrected chi connectivity index (χ4v) is 4.41. The average Bonchev–Trinajstić information content (AvgIpc) is 2.74. The molecule has 1 fully saturated rings. The third kappa shape index (κ3) is 4.94. The maximum Gasteiger partial charge on any atom is 0.344 e. The van der Waals surface area contributed by atoms with E-state index in [-0.39, 0.29) is 36.1 Å². The zero-order valence-corrected chi connectivity index (χ0v) is 19.5. The number of hydroxylamine groups is 2. The topological polar surface area (TPSA) is 108 Å². The molecule has 2 atom stereocenters. The summed E-state index contributed by atoms with van der Waals surface area (Å²) >= 11 is 0. The van der Waals surface area contributed by atoms with E-state index in [0.717, 1.165) is 11.8 Å². The van der Waals surface area contributed by atoms with Crippen molar-refractivity contribution < 1.29 is 22.5 Å². The van der Waals surface area contributed by atoms with Crippen LogP contribution in [0.4, 0.5) is 4.79 Å². The third-order valence-electron chi connectivity index (χ3n) is 5.49. The van der Waals surface area contributed by atoms with Crippen molar-refractivity contribution in [2.75, 3.05) is 25.9 Å². The van der Waals surface area contributed by atoms with Gasteiger partial charge in [0.25, 0.3) is 0 Å². The molecule has 3 amide bonds. The van der Waals surface area contributed by atoms with Gasteiger partial charge in [-0.25, -0.2) is 23.0 Å². The number of carbonyl (C=O) groups excluding carboxylic acids is 2. The van der Waals surface area contributed by atoms with Gasteiger partial charge in [-0.3, -0.25) is 4.79 Å². The van der Waals surface area contributed by atoms with Gasteiger partial charge in [0, 0.05) is 13.1 Å². The lowest BCUT2D eigenvalue weighted by atomic mass is 10.00. The Bertz CT molecular complexity index is 775. The summed E-state index contributed by atoms with van der Waals surface area (Å²) in [5.41, 5.74) is 0.777. The van der Waals surface area contributed by atoms with E-state index < -0.39 is 24.4 Å². The molecule has 0 radical (unpaired) electrons. The van der Waals surface area contributed by atoms with Crippen molar-refractivity contribution in [3.05, 3.63) is 11.6 Å². The van der Waals surface area contributed by atoms with Crippen LogP contribution >= 0.6 is 0 Å². The van der Waals surface area contributed by atoms with E-state index in [1.54, 1.807) is 0 Å². The predicted molar refractivity (Wildman–Crippen MR) is 109 cm³/mol. The Labute approximate surface area is 168 Å². The molecule has 0 aliphatic carbocycles. The molecule has 2 N–H and O–H groups in total. The summed E-state index contributed by atoms with van der Waals surface area (Å²) in [4.78, 5) is 27.1. The minimum Gasteiger partial charge on any atom is -0.353 e. The van der Waals surface area contributed by atoms with E-state index in [2.05, 4.69) is 43.9 Å². The van der Waals surface area contributed by atoms with Crippen molar-refractivity contribution in [2.45, 2.75) is 57.9 Å². The van der Waals surface area contributed by atoms with Gasteiger partial charge in [0.1, 0.15) is 6.04 Å². The van der Waals surface area contributed by atoms with Crippen molar-refractivity contribution in [3.8, 4) is 0 Å². The SMILES string of the molecule is CC1=C[C@@H]2CN(C(=O)N2O[Si](C)(C)C(C)(C)C)[C@@H]1C(=O)NCCNS(C)(=O)=O. The summed E-state index contributed by atoms with van der Waals surface area (Å²) in [6, 6.07) is -1.23. The summed E-state index contributed by atoms with van der Waals surface area (Å²) in [5, 5.41) is 4.07. The predicted octanol–water partition coefficient (Wildman–Crippen LogP) is 1.02. The van der Waals surface area contributed by atoms with Gasteiger partial charge in [-0.1, -0.05) is 26.8 Å². The lowest BCUT2D eigenvalue weighted by Gasteiger charge is -2.39. The van der Waals surface area contributed by atoms with E-state index in [1.165, 1.54) is 9.96 Å². The first kappa shape index (κ1) is 22.9. The van der Waals surface area contributed by atoms with E-state index >= 15 is 0 Å². The molecule has 9 nitrogen and oxygen atoms in total. The maximum absolute atomic E-state index is 13.0. The molecule has 2 aliphatic heterocycles. The summed E-state index contributed by atoms with van der Waals surface area (Å²) < 4.78 is 30.7. The van der Waals surface area contributed by atoms with Gasteiger partial charge >= 0.3 is 6.03 Å². The van der Waals surface area contributed by atoms with Gasteiger partial charge in [-0.05, 0) is 30.6 Å². The Morgan fingerprint density at radius 3 is 2.46 bits per heavy atom.